The van der Waals surface area contributed by atoms with Gasteiger partial charge in [0.05, 0.1) is 13.2 Å². The van der Waals surface area contributed by atoms with Crippen LogP contribution in [0.15, 0.2) is 0 Å². The number of ether oxygens (including phenoxy) is 2. The van der Waals surface area contributed by atoms with Crippen LogP contribution < -0.4 is 0 Å². The minimum absolute atomic E-state index is 0.0849. The Labute approximate surface area is 108 Å². The Bertz CT molecular complexity index is 263. The van der Waals surface area contributed by atoms with Crippen LogP contribution >= 0.6 is 0 Å². The molecule has 0 saturated heterocycles. The minimum atomic E-state index is -2.69. The Morgan fingerprint density at radius 3 is 1.56 bits per heavy atom. The number of rotatable bonds is 7. The Morgan fingerprint density at radius 2 is 1.33 bits per heavy atom. The molecule has 0 atom stereocenters. The monoisotopic (exact) mass is 262 g/mol. The molecule has 0 aliphatic rings. The van der Waals surface area contributed by atoms with E-state index in [0.717, 1.165) is 0 Å². The molecule has 0 spiro atoms. The lowest BCUT2D eigenvalue weighted by Gasteiger charge is -2.21. The van der Waals surface area contributed by atoms with Crippen LogP contribution in [0.4, 0.5) is 4.39 Å². The lowest BCUT2D eigenvalue weighted by Crippen LogP contribution is -2.45. The fraction of sp³-hybridized carbons (Fsp3) is 0.846. The van der Waals surface area contributed by atoms with Gasteiger partial charge in [0, 0.05) is 6.42 Å². The number of alkyl halides is 1. The lowest BCUT2D eigenvalue weighted by molar-refractivity contribution is -0.176. The quantitative estimate of drug-likeness (QED) is 0.522. The van der Waals surface area contributed by atoms with Crippen LogP contribution in [0.5, 0.6) is 0 Å². The van der Waals surface area contributed by atoms with Crippen molar-refractivity contribution in [3.63, 3.8) is 0 Å². The molecule has 0 aliphatic carbocycles. The van der Waals surface area contributed by atoms with Crippen LogP contribution in [0.25, 0.3) is 0 Å². The summed E-state index contributed by atoms with van der Waals surface area (Å²) in [6, 6.07) is 0. The Hall–Kier alpha value is -1.13. The number of esters is 2. The van der Waals surface area contributed by atoms with Crippen molar-refractivity contribution in [3.05, 3.63) is 0 Å². The van der Waals surface area contributed by atoms with E-state index in [9.17, 15) is 14.0 Å². The summed E-state index contributed by atoms with van der Waals surface area (Å²) < 4.78 is 23.8. The highest BCUT2D eigenvalue weighted by molar-refractivity contribution is 6.03. The van der Waals surface area contributed by atoms with Crippen molar-refractivity contribution in [1.29, 1.82) is 0 Å². The van der Waals surface area contributed by atoms with E-state index < -0.39 is 17.6 Å². The second kappa shape index (κ2) is 7.34. The van der Waals surface area contributed by atoms with Crippen LogP contribution in [0.3, 0.4) is 0 Å². The number of halogens is 1. The van der Waals surface area contributed by atoms with Gasteiger partial charge in [-0.1, -0.05) is 34.6 Å². The highest BCUT2D eigenvalue weighted by Crippen LogP contribution is 2.21. The van der Waals surface area contributed by atoms with E-state index >= 15 is 0 Å². The second-order valence-electron chi connectivity index (χ2n) is 5.14. The van der Waals surface area contributed by atoms with Crippen molar-refractivity contribution in [1.82, 2.24) is 0 Å². The Kier molecular flexibility index (Phi) is 6.88. The summed E-state index contributed by atoms with van der Waals surface area (Å²) in [5.41, 5.74) is -2.69. The Balaban J connectivity index is 4.57. The fourth-order valence-electron chi connectivity index (χ4n) is 1.09. The van der Waals surface area contributed by atoms with E-state index in [0.29, 0.717) is 0 Å². The molecule has 0 rings (SSSR count). The average Bonchev–Trinajstić information content (AvgIpc) is 2.31. The number of hydrogen-bond donors (Lipinski definition) is 0. The van der Waals surface area contributed by atoms with Gasteiger partial charge in [-0.05, 0) is 11.8 Å². The fourth-order valence-corrected chi connectivity index (χ4v) is 1.09. The van der Waals surface area contributed by atoms with Crippen molar-refractivity contribution < 1.29 is 23.5 Å². The molecule has 0 radical (unpaired) electrons. The zero-order chi connectivity index (χ0) is 14.3. The maximum atomic E-state index is 14.3. The molecule has 0 aromatic carbocycles. The van der Waals surface area contributed by atoms with Gasteiger partial charge in [0.15, 0.2) is 0 Å². The Morgan fingerprint density at radius 1 is 1.00 bits per heavy atom. The lowest BCUT2D eigenvalue weighted by atomic mass is 10.0. The second-order valence-corrected chi connectivity index (χ2v) is 5.14. The molecule has 0 heterocycles. The van der Waals surface area contributed by atoms with Gasteiger partial charge in [-0.25, -0.2) is 14.0 Å². The SMILES string of the molecule is CCC(F)(C(=O)OCC(C)C)C(=O)OCC(C)C. The molecular formula is C13H23FO4. The summed E-state index contributed by atoms with van der Waals surface area (Å²) in [6.07, 6.45) is -0.291. The van der Waals surface area contributed by atoms with E-state index in [1.54, 1.807) is 0 Å². The molecule has 0 saturated carbocycles. The van der Waals surface area contributed by atoms with Gasteiger partial charge in [0.1, 0.15) is 0 Å². The molecule has 0 amide bonds. The normalized spacial score (nSPS) is 11.8. The van der Waals surface area contributed by atoms with E-state index in [1.165, 1.54) is 6.92 Å². The predicted molar refractivity (Wildman–Crippen MR) is 65.7 cm³/mol. The molecule has 0 aliphatic heterocycles. The molecule has 0 N–H and O–H groups in total. The molecule has 5 heteroatoms. The average molecular weight is 262 g/mol. The molecule has 0 unspecified atom stereocenters. The number of hydrogen-bond acceptors (Lipinski definition) is 4. The summed E-state index contributed by atoms with van der Waals surface area (Å²) in [7, 11) is 0. The highest BCUT2D eigenvalue weighted by atomic mass is 19.1. The first-order valence-corrected chi connectivity index (χ1v) is 6.27. The van der Waals surface area contributed by atoms with Gasteiger partial charge >= 0.3 is 17.6 Å². The van der Waals surface area contributed by atoms with Gasteiger partial charge in [-0.3, -0.25) is 0 Å². The third kappa shape index (κ3) is 5.02. The summed E-state index contributed by atoms with van der Waals surface area (Å²) in [5, 5.41) is 0. The van der Waals surface area contributed by atoms with Gasteiger partial charge in [-0.15, -0.1) is 0 Å². The molecule has 106 valence electrons. The van der Waals surface area contributed by atoms with Gasteiger partial charge in [0.2, 0.25) is 0 Å². The topological polar surface area (TPSA) is 52.6 Å². The molecule has 0 aromatic rings. The van der Waals surface area contributed by atoms with E-state index in [1.807, 2.05) is 27.7 Å². The third-order valence-corrected chi connectivity index (χ3v) is 2.23. The maximum absolute atomic E-state index is 14.3. The zero-order valence-electron chi connectivity index (χ0n) is 11.8. The largest absolute Gasteiger partial charge is 0.463 e. The maximum Gasteiger partial charge on any atom is 0.355 e. The van der Waals surface area contributed by atoms with Gasteiger partial charge in [-0.2, -0.15) is 0 Å². The van der Waals surface area contributed by atoms with Gasteiger partial charge in [0.25, 0.3) is 0 Å². The van der Waals surface area contributed by atoms with Gasteiger partial charge < -0.3 is 9.47 Å². The van der Waals surface area contributed by atoms with Crippen molar-refractivity contribution in [2.75, 3.05) is 13.2 Å². The summed E-state index contributed by atoms with van der Waals surface area (Å²) in [4.78, 5) is 23.2. The summed E-state index contributed by atoms with van der Waals surface area (Å²) in [5.74, 6) is -2.15. The number of carbonyl (C=O) groups excluding carboxylic acids is 2. The van der Waals surface area contributed by atoms with Crippen LogP contribution in [0.2, 0.25) is 0 Å². The molecule has 4 nitrogen and oxygen atoms in total. The summed E-state index contributed by atoms with van der Waals surface area (Å²) >= 11 is 0. The predicted octanol–water partition coefficient (Wildman–Crippen LogP) is 2.50. The standard InChI is InChI=1S/C13H23FO4/c1-6-13(14,11(15)17-7-9(2)3)12(16)18-8-10(4)5/h9-10H,6-8H2,1-5H3. The van der Waals surface area contributed by atoms with Crippen molar-refractivity contribution in [3.8, 4) is 0 Å². The van der Waals surface area contributed by atoms with Crippen molar-refractivity contribution in [2.45, 2.75) is 46.7 Å². The van der Waals surface area contributed by atoms with Crippen LogP contribution in [-0.2, 0) is 19.1 Å². The number of carbonyl (C=O) groups is 2. The van der Waals surface area contributed by atoms with E-state index in [2.05, 4.69) is 0 Å². The van der Waals surface area contributed by atoms with Crippen molar-refractivity contribution >= 4 is 11.9 Å². The van der Waals surface area contributed by atoms with E-state index in [-0.39, 0.29) is 31.5 Å². The van der Waals surface area contributed by atoms with Crippen molar-refractivity contribution in [2.24, 2.45) is 11.8 Å². The smallest absolute Gasteiger partial charge is 0.355 e. The molecule has 0 bridgehead atoms. The molecule has 0 fully saturated rings. The first kappa shape index (κ1) is 16.9. The first-order valence-electron chi connectivity index (χ1n) is 6.27. The van der Waals surface area contributed by atoms with Crippen LogP contribution in [0.1, 0.15) is 41.0 Å². The third-order valence-electron chi connectivity index (χ3n) is 2.23. The minimum Gasteiger partial charge on any atom is -0.463 e. The zero-order valence-corrected chi connectivity index (χ0v) is 11.8. The van der Waals surface area contributed by atoms with Crippen LogP contribution in [-0.4, -0.2) is 30.8 Å². The van der Waals surface area contributed by atoms with E-state index in [4.69, 9.17) is 9.47 Å². The summed E-state index contributed by atoms with van der Waals surface area (Å²) in [6.45, 7) is 8.90. The van der Waals surface area contributed by atoms with Crippen LogP contribution in [0, 0.1) is 11.8 Å². The highest BCUT2D eigenvalue weighted by Gasteiger charge is 2.48. The molecule has 0 aromatic heterocycles. The molecular weight excluding hydrogens is 239 g/mol. The first-order chi connectivity index (χ1) is 8.24. The molecule has 18 heavy (non-hydrogen) atoms.